The summed E-state index contributed by atoms with van der Waals surface area (Å²) in [5.41, 5.74) is -0.171. The summed E-state index contributed by atoms with van der Waals surface area (Å²) < 4.78 is 0. The molecule has 0 radical (unpaired) electrons. The number of nitrogens with zero attached hydrogens (tertiary/aromatic N) is 2. The van der Waals surface area contributed by atoms with Crippen molar-refractivity contribution in [2.24, 2.45) is 10.8 Å². The van der Waals surface area contributed by atoms with E-state index in [0.29, 0.717) is 53.3 Å². The first kappa shape index (κ1) is 61.5. The Hall–Kier alpha value is -5.06. The van der Waals surface area contributed by atoms with Gasteiger partial charge in [-0.15, -0.1) is 48.3 Å². The molecular formula is C52H70Cl2N10O7S3. The highest BCUT2D eigenvalue weighted by atomic mass is 35.5. The Balaban J connectivity index is 0.00000593. The molecule has 4 saturated heterocycles. The van der Waals surface area contributed by atoms with Gasteiger partial charge >= 0.3 is 0 Å². The van der Waals surface area contributed by atoms with Crippen molar-refractivity contribution < 1.29 is 33.6 Å². The van der Waals surface area contributed by atoms with Crippen LogP contribution in [0.5, 0.6) is 0 Å². The summed E-state index contributed by atoms with van der Waals surface area (Å²) in [5.74, 6) is 9.50. The number of thiocarbonyl (C=S) groups is 1. The number of hydrogen-bond acceptors (Lipinski definition) is 12. The molecule has 0 aromatic heterocycles. The molecule has 0 spiro atoms. The summed E-state index contributed by atoms with van der Waals surface area (Å²) in [4.78, 5) is 101. The van der Waals surface area contributed by atoms with E-state index >= 15 is 0 Å². The lowest BCUT2D eigenvalue weighted by Crippen LogP contribution is -2.58. The molecule has 0 bridgehead atoms. The highest BCUT2D eigenvalue weighted by molar-refractivity contribution is 8.00. The van der Waals surface area contributed by atoms with Crippen molar-refractivity contribution in [1.29, 1.82) is 0 Å². The molecule has 10 atom stereocenters. The number of fused-ring (bicyclic) bond motifs is 2. The summed E-state index contributed by atoms with van der Waals surface area (Å²) in [6.07, 6.45) is 2.13. The van der Waals surface area contributed by atoms with Crippen molar-refractivity contribution in [3.05, 3.63) is 71.8 Å². The lowest BCUT2D eigenvalue weighted by Gasteiger charge is -2.35. The van der Waals surface area contributed by atoms with E-state index in [4.69, 9.17) is 12.2 Å². The molecule has 4 heterocycles. The third-order valence-electron chi connectivity index (χ3n) is 13.7. The van der Waals surface area contributed by atoms with Crippen molar-refractivity contribution >= 4 is 107 Å². The molecule has 3 unspecified atom stereocenters. The van der Waals surface area contributed by atoms with Gasteiger partial charge in [0.1, 0.15) is 36.3 Å². The van der Waals surface area contributed by atoms with Crippen LogP contribution in [-0.2, 0) is 33.6 Å². The van der Waals surface area contributed by atoms with Crippen molar-refractivity contribution in [3.8, 4) is 23.7 Å². The van der Waals surface area contributed by atoms with Gasteiger partial charge in [0.2, 0.25) is 41.4 Å². The predicted octanol–water partition coefficient (Wildman–Crippen LogP) is 2.95. The maximum Gasteiger partial charge on any atom is 0.247 e. The summed E-state index contributed by atoms with van der Waals surface area (Å²) in [7, 11) is 3.46. The Morgan fingerprint density at radius 2 is 1.03 bits per heavy atom. The Morgan fingerprint density at radius 1 is 0.635 bits per heavy atom. The van der Waals surface area contributed by atoms with Gasteiger partial charge in [-0.2, -0.15) is 0 Å². The largest absolute Gasteiger partial charge is 0.367 e. The van der Waals surface area contributed by atoms with Crippen LogP contribution in [0.4, 0.5) is 0 Å². The molecule has 17 nitrogen and oxygen atoms in total. The van der Waals surface area contributed by atoms with Gasteiger partial charge in [-0.1, -0.05) is 112 Å². The third kappa shape index (κ3) is 14.9. The minimum atomic E-state index is -1.12. The summed E-state index contributed by atoms with van der Waals surface area (Å²) in [5, 5.41) is 23.0. The molecule has 4 aliphatic heterocycles. The number of hydrogen-bond donors (Lipinski definition) is 8. The fourth-order valence-electron chi connectivity index (χ4n) is 9.54. The van der Waals surface area contributed by atoms with Gasteiger partial charge in [-0.25, -0.2) is 0 Å². The van der Waals surface area contributed by atoms with Gasteiger partial charge in [-0.05, 0) is 98.9 Å². The SMILES string of the molecule is CNC(C)C(=O)N[C@H]1CCS[C@H]2CC(C)(C)[C@@H](C(=O)NC(C(=O)NCC#CC#CCNC(=O)[C@@H](NC(=O)[C@H]3N4C(=O)[C@@H](NC(=S)C(C)NC)CCS[C@H]4CC3(C)C)c3ccccc3)c3ccccc3)N2C1=O.Cl.Cl. The number of benzene rings is 2. The van der Waals surface area contributed by atoms with Crippen LogP contribution in [0.25, 0.3) is 0 Å². The van der Waals surface area contributed by atoms with Crippen LogP contribution in [0.2, 0.25) is 0 Å². The molecule has 2 aromatic carbocycles. The lowest BCUT2D eigenvalue weighted by atomic mass is 9.83. The van der Waals surface area contributed by atoms with E-state index in [9.17, 15) is 33.6 Å². The molecule has 4 fully saturated rings. The fraction of sp³-hybridized carbons (Fsp3) is 0.538. The average Bonchev–Trinajstić information content (AvgIpc) is 3.68. The molecule has 22 heteroatoms. The van der Waals surface area contributed by atoms with Crippen molar-refractivity contribution in [2.45, 2.75) is 126 Å². The summed E-state index contributed by atoms with van der Waals surface area (Å²) >= 11 is 8.80. The van der Waals surface area contributed by atoms with Gasteiger partial charge in [0, 0.05) is 0 Å². The summed E-state index contributed by atoms with van der Waals surface area (Å²) in [6, 6.07) is 11.6. The second-order valence-corrected chi connectivity index (χ2v) is 22.8. The standard InChI is InChI=1S/C52H68N10O7S3.2ClH/c1-31(53-7)43(63)57-35-23-27-71-37-29-51(3,4)41(61(37)49(35)68)46(66)59-39(33-19-13-11-14-20-33)44(64)55-25-17-9-10-18-26-56-45(65)40(34-21-15-12-16-22-34)60-47(67)42-52(5,6)30-38-62(42)50(69)36(24-28-72-38)58-48(70)32(2)54-8;;/h11-16,19-22,31-32,35-42,53-54H,23-30H2,1-8H3,(H,55,64)(H,56,65)(H,57,63)(H,58,70)(H,59,66)(H,60,67);2*1H/t31?,32?,35-,36-,37-,38-,39?,40-,41+,42+;;/m0../s1. The van der Waals surface area contributed by atoms with E-state index in [2.05, 4.69) is 66.2 Å². The Morgan fingerprint density at radius 3 is 1.42 bits per heavy atom. The Labute approximate surface area is 461 Å². The second kappa shape index (κ2) is 27.6. The topological polar surface area (TPSA) is 222 Å². The first-order valence-corrected chi connectivity index (χ1v) is 26.8. The highest BCUT2D eigenvalue weighted by Crippen LogP contribution is 2.48. The van der Waals surface area contributed by atoms with Crippen LogP contribution < -0.4 is 42.5 Å². The van der Waals surface area contributed by atoms with Crippen LogP contribution in [0.15, 0.2) is 60.7 Å². The predicted molar refractivity (Wildman–Crippen MR) is 299 cm³/mol. The van der Waals surface area contributed by atoms with Crippen LogP contribution >= 0.6 is 60.6 Å². The van der Waals surface area contributed by atoms with Gasteiger partial charge in [-0.3, -0.25) is 33.6 Å². The number of rotatable bonds is 16. The molecule has 2 aromatic rings. The maximum absolute atomic E-state index is 14.4. The Bertz CT molecular complexity index is 2320. The zero-order chi connectivity index (χ0) is 52.3. The van der Waals surface area contributed by atoms with Gasteiger partial charge in [0.25, 0.3) is 0 Å². The average molecular weight is 1110 g/mol. The van der Waals surface area contributed by atoms with Crippen LogP contribution in [0.3, 0.4) is 0 Å². The number of thioether (sulfide) groups is 2. The zero-order valence-electron chi connectivity index (χ0n) is 43.0. The van der Waals surface area contributed by atoms with E-state index in [1.165, 1.54) is 0 Å². The van der Waals surface area contributed by atoms with E-state index in [-0.39, 0.29) is 72.4 Å². The number of likely N-dealkylation sites (N-methyl/N-ethyl adjacent to an activating group) is 2. The first-order chi connectivity index (χ1) is 34.3. The van der Waals surface area contributed by atoms with Crippen LogP contribution in [-0.4, -0.2) is 142 Å². The molecular weight excluding hydrogens is 1040 g/mol. The van der Waals surface area contributed by atoms with E-state index < -0.39 is 76.8 Å². The quantitative estimate of drug-likeness (QED) is 0.0897. The van der Waals surface area contributed by atoms with E-state index in [1.807, 2.05) is 40.7 Å². The van der Waals surface area contributed by atoms with Gasteiger partial charge in [0.05, 0.1) is 40.9 Å². The minimum absolute atomic E-state index is 0. The number of nitrogens with one attached hydrogen (secondary N) is 8. The molecule has 6 rings (SSSR count). The number of carbonyl (C=O) groups is 7. The smallest absolute Gasteiger partial charge is 0.247 e. The first-order valence-electron chi connectivity index (χ1n) is 24.3. The molecule has 0 aliphatic carbocycles. The summed E-state index contributed by atoms with van der Waals surface area (Å²) in [6.45, 7) is 11.2. The molecule has 74 heavy (non-hydrogen) atoms. The number of halogens is 2. The lowest BCUT2D eigenvalue weighted by molar-refractivity contribution is -0.144. The number of amides is 7. The molecule has 0 saturated carbocycles. The normalized spacial score (nSPS) is 23.9. The van der Waals surface area contributed by atoms with Crippen molar-refractivity contribution in [2.75, 3.05) is 38.7 Å². The number of carbonyl (C=O) groups excluding carboxylic acids is 7. The zero-order valence-corrected chi connectivity index (χ0v) is 47.1. The molecule has 7 amide bonds. The van der Waals surface area contributed by atoms with Crippen molar-refractivity contribution in [3.63, 3.8) is 0 Å². The maximum atomic E-state index is 14.4. The Kier molecular flexibility index (Phi) is 23.0. The van der Waals surface area contributed by atoms with Gasteiger partial charge in [0.15, 0.2) is 0 Å². The van der Waals surface area contributed by atoms with Crippen molar-refractivity contribution in [1.82, 2.24) is 52.3 Å². The highest BCUT2D eigenvalue weighted by Gasteiger charge is 2.56. The fourth-order valence-corrected chi connectivity index (χ4v) is 13.0. The molecule has 402 valence electrons. The second-order valence-electron chi connectivity index (χ2n) is 19.8. The van der Waals surface area contributed by atoms with E-state index in [1.54, 1.807) is 109 Å². The molecule has 8 N–H and O–H groups in total. The van der Waals surface area contributed by atoms with E-state index in [0.717, 1.165) is 0 Å². The van der Waals surface area contributed by atoms with Crippen LogP contribution in [0, 0.1) is 34.5 Å². The van der Waals surface area contributed by atoms with Crippen LogP contribution in [0.1, 0.15) is 90.4 Å². The third-order valence-corrected chi connectivity index (χ3v) is 16.7. The minimum Gasteiger partial charge on any atom is -0.367 e. The molecule has 4 aliphatic rings. The van der Waals surface area contributed by atoms with Gasteiger partial charge < -0.3 is 52.3 Å². The monoisotopic (exact) mass is 1110 g/mol.